The quantitative estimate of drug-likeness (QED) is 0.827. The maximum atomic E-state index is 12.1. The third-order valence-electron chi connectivity index (χ3n) is 3.98. The number of likely N-dealkylation sites (tertiary alicyclic amines) is 1. The van der Waals surface area contributed by atoms with Crippen LogP contribution >= 0.6 is 0 Å². The average Bonchev–Trinajstić information content (AvgIpc) is 2.94. The van der Waals surface area contributed by atoms with Crippen molar-refractivity contribution >= 4 is 5.91 Å². The lowest BCUT2D eigenvalue weighted by molar-refractivity contribution is -0.122. The minimum atomic E-state index is -0.0927. The molecule has 2 atom stereocenters. The Morgan fingerprint density at radius 1 is 1.52 bits per heavy atom. The molecule has 0 aromatic heterocycles. The molecule has 0 bridgehead atoms. The van der Waals surface area contributed by atoms with Crippen molar-refractivity contribution in [3.8, 4) is 5.75 Å². The number of nitrogens with zero attached hydrogens (tertiary/aromatic N) is 1. The first-order valence-electron chi connectivity index (χ1n) is 7.39. The van der Waals surface area contributed by atoms with Crippen molar-refractivity contribution in [1.29, 1.82) is 0 Å². The van der Waals surface area contributed by atoms with Gasteiger partial charge in [-0.25, -0.2) is 0 Å². The predicted molar refractivity (Wildman–Crippen MR) is 81.2 cm³/mol. The summed E-state index contributed by atoms with van der Waals surface area (Å²) in [7, 11) is 1.63. The Morgan fingerprint density at radius 3 is 2.95 bits per heavy atom. The molecule has 2 N–H and O–H groups in total. The fourth-order valence-corrected chi connectivity index (χ4v) is 2.80. The summed E-state index contributed by atoms with van der Waals surface area (Å²) in [6, 6.07) is 7.61. The van der Waals surface area contributed by atoms with Crippen LogP contribution < -0.4 is 10.1 Å². The van der Waals surface area contributed by atoms with Gasteiger partial charge in [0.2, 0.25) is 5.91 Å². The van der Waals surface area contributed by atoms with Crippen molar-refractivity contribution in [2.75, 3.05) is 33.4 Å². The van der Waals surface area contributed by atoms with Crippen LogP contribution in [0.1, 0.15) is 24.9 Å². The zero-order valence-corrected chi connectivity index (χ0v) is 12.7. The Labute approximate surface area is 125 Å². The highest BCUT2D eigenvalue weighted by molar-refractivity contribution is 5.78. The average molecular weight is 292 g/mol. The molecular formula is C16H24N2O3. The summed E-state index contributed by atoms with van der Waals surface area (Å²) in [5.74, 6) is 1.10. The standard InChI is InChI=1S/C16H24N2O3/c1-12(14-5-3-4-6-15(14)21-2)17-16(20)10-18-8-7-13(9-18)11-19/h3-6,12-13,19H,7-11H2,1-2H3,(H,17,20). The minimum Gasteiger partial charge on any atom is -0.496 e. The van der Waals surface area contributed by atoms with Crippen LogP contribution in [0.2, 0.25) is 0 Å². The summed E-state index contributed by atoms with van der Waals surface area (Å²) < 4.78 is 5.32. The van der Waals surface area contributed by atoms with Gasteiger partial charge in [-0.15, -0.1) is 0 Å². The van der Waals surface area contributed by atoms with Gasteiger partial charge in [0.1, 0.15) is 5.75 Å². The van der Waals surface area contributed by atoms with E-state index in [0.29, 0.717) is 12.5 Å². The molecular weight excluding hydrogens is 268 g/mol. The smallest absolute Gasteiger partial charge is 0.234 e. The second-order valence-electron chi connectivity index (χ2n) is 5.60. The number of aliphatic hydroxyl groups excluding tert-OH is 1. The maximum Gasteiger partial charge on any atom is 0.234 e. The Morgan fingerprint density at radius 2 is 2.29 bits per heavy atom. The summed E-state index contributed by atoms with van der Waals surface area (Å²) in [5.41, 5.74) is 0.975. The van der Waals surface area contributed by atoms with E-state index in [1.807, 2.05) is 31.2 Å². The van der Waals surface area contributed by atoms with Crippen molar-refractivity contribution in [3.63, 3.8) is 0 Å². The van der Waals surface area contributed by atoms with E-state index in [1.165, 1.54) is 0 Å². The first kappa shape index (κ1) is 15.8. The van der Waals surface area contributed by atoms with E-state index in [9.17, 15) is 4.79 Å². The molecule has 2 unspecified atom stereocenters. The van der Waals surface area contributed by atoms with E-state index in [4.69, 9.17) is 9.84 Å². The molecule has 1 aliphatic heterocycles. The van der Waals surface area contributed by atoms with Gasteiger partial charge < -0.3 is 15.2 Å². The molecule has 0 aliphatic carbocycles. The Hall–Kier alpha value is -1.59. The Bertz CT molecular complexity index is 478. The van der Waals surface area contributed by atoms with Crippen LogP contribution in [0.5, 0.6) is 5.75 Å². The lowest BCUT2D eigenvalue weighted by Gasteiger charge is -2.20. The highest BCUT2D eigenvalue weighted by atomic mass is 16.5. The second kappa shape index (κ2) is 7.43. The third-order valence-corrected chi connectivity index (χ3v) is 3.98. The number of methoxy groups -OCH3 is 1. The summed E-state index contributed by atoms with van der Waals surface area (Å²) in [4.78, 5) is 14.2. The molecule has 5 nitrogen and oxygen atoms in total. The molecule has 1 aromatic carbocycles. The lowest BCUT2D eigenvalue weighted by atomic mass is 10.1. The fourth-order valence-electron chi connectivity index (χ4n) is 2.80. The topological polar surface area (TPSA) is 61.8 Å². The van der Waals surface area contributed by atoms with Crippen LogP contribution in [0.15, 0.2) is 24.3 Å². The van der Waals surface area contributed by atoms with E-state index in [2.05, 4.69) is 10.2 Å². The molecule has 1 fully saturated rings. The van der Waals surface area contributed by atoms with E-state index in [-0.39, 0.29) is 18.6 Å². The molecule has 1 aliphatic rings. The van der Waals surface area contributed by atoms with Gasteiger partial charge in [0.05, 0.1) is 19.7 Å². The second-order valence-corrected chi connectivity index (χ2v) is 5.60. The largest absolute Gasteiger partial charge is 0.496 e. The Kier molecular flexibility index (Phi) is 5.59. The molecule has 1 heterocycles. The summed E-state index contributed by atoms with van der Waals surface area (Å²) in [6.45, 7) is 4.22. The highest BCUT2D eigenvalue weighted by Crippen LogP contribution is 2.24. The molecule has 5 heteroatoms. The van der Waals surface area contributed by atoms with E-state index in [0.717, 1.165) is 30.8 Å². The lowest BCUT2D eigenvalue weighted by Crippen LogP contribution is -2.37. The molecule has 1 saturated heterocycles. The van der Waals surface area contributed by atoms with Gasteiger partial charge in [0.25, 0.3) is 0 Å². The number of rotatable bonds is 6. The number of hydrogen-bond donors (Lipinski definition) is 2. The SMILES string of the molecule is COc1ccccc1C(C)NC(=O)CN1CCC(CO)C1. The van der Waals surface area contributed by atoms with E-state index >= 15 is 0 Å². The fraction of sp³-hybridized carbons (Fsp3) is 0.562. The monoisotopic (exact) mass is 292 g/mol. The van der Waals surface area contributed by atoms with Crippen LogP contribution in [0.3, 0.4) is 0 Å². The van der Waals surface area contributed by atoms with Crippen LogP contribution in [-0.4, -0.2) is 49.3 Å². The molecule has 116 valence electrons. The molecule has 2 rings (SSSR count). The first-order valence-corrected chi connectivity index (χ1v) is 7.39. The van der Waals surface area contributed by atoms with Gasteiger partial charge in [-0.05, 0) is 31.9 Å². The van der Waals surface area contributed by atoms with Gasteiger partial charge in [0, 0.05) is 18.7 Å². The van der Waals surface area contributed by atoms with Crippen LogP contribution in [0.4, 0.5) is 0 Å². The van der Waals surface area contributed by atoms with Crippen LogP contribution in [0, 0.1) is 5.92 Å². The molecule has 0 radical (unpaired) electrons. The van der Waals surface area contributed by atoms with Gasteiger partial charge >= 0.3 is 0 Å². The predicted octanol–water partition coefficient (Wildman–Crippen LogP) is 1.19. The normalized spacial score (nSPS) is 20.2. The van der Waals surface area contributed by atoms with Gasteiger partial charge in [0.15, 0.2) is 0 Å². The number of benzene rings is 1. The molecule has 0 saturated carbocycles. The molecule has 21 heavy (non-hydrogen) atoms. The van der Waals surface area contributed by atoms with Gasteiger partial charge in [-0.3, -0.25) is 9.69 Å². The first-order chi connectivity index (χ1) is 10.1. The Balaban J connectivity index is 1.87. The van der Waals surface area contributed by atoms with Gasteiger partial charge in [-0.1, -0.05) is 18.2 Å². The number of amides is 1. The molecule has 1 amide bonds. The number of nitrogens with one attached hydrogen (secondary N) is 1. The summed E-state index contributed by atoms with van der Waals surface area (Å²) in [5, 5.41) is 12.1. The molecule has 1 aromatic rings. The van der Waals surface area contributed by atoms with Crippen molar-refractivity contribution in [2.45, 2.75) is 19.4 Å². The van der Waals surface area contributed by atoms with Crippen LogP contribution in [0.25, 0.3) is 0 Å². The summed E-state index contributed by atoms with van der Waals surface area (Å²) >= 11 is 0. The number of ether oxygens (including phenoxy) is 1. The zero-order valence-electron chi connectivity index (χ0n) is 12.7. The van der Waals surface area contributed by atoms with Crippen molar-refractivity contribution in [3.05, 3.63) is 29.8 Å². The number of aliphatic hydroxyl groups is 1. The number of carbonyl (C=O) groups excluding carboxylic acids is 1. The van der Waals surface area contributed by atoms with E-state index < -0.39 is 0 Å². The van der Waals surface area contributed by atoms with Crippen LogP contribution in [-0.2, 0) is 4.79 Å². The number of carbonyl (C=O) groups is 1. The minimum absolute atomic E-state index is 0.00648. The van der Waals surface area contributed by atoms with E-state index in [1.54, 1.807) is 7.11 Å². The van der Waals surface area contributed by atoms with Crippen molar-refractivity contribution < 1.29 is 14.6 Å². The summed E-state index contributed by atoms with van der Waals surface area (Å²) in [6.07, 6.45) is 0.964. The maximum absolute atomic E-state index is 12.1. The van der Waals surface area contributed by atoms with Crippen molar-refractivity contribution in [2.24, 2.45) is 5.92 Å². The zero-order chi connectivity index (χ0) is 15.2. The molecule has 0 spiro atoms. The number of para-hydroxylation sites is 1. The third kappa shape index (κ3) is 4.19. The van der Waals surface area contributed by atoms with Gasteiger partial charge in [-0.2, -0.15) is 0 Å². The number of hydrogen-bond acceptors (Lipinski definition) is 4. The van der Waals surface area contributed by atoms with Crippen molar-refractivity contribution in [1.82, 2.24) is 10.2 Å². The highest BCUT2D eigenvalue weighted by Gasteiger charge is 2.24.